The maximum absolute atomic E-state index is 13.6. The molecule has 1 fully saturated rings. The van der Waals surface area contributed by atoms with Crippen molar-refractivity contribution in [2.45, 2.75) is 49.8 Å². The topological polar surface area (TPSA) is 74.7 Å². The number of aryl methyl sites for hydroxylation is 1. The Bertz CT molecular complexity index is 974. The predicted molar refractivity (Wildman–Crippen MR) is 126 cm³/mol. The molecule has 1 aliphatic heterocycles. The van der Waals surface area contributed by atoms with Crippen LogP contribution in [0.15, 0.2) is 59.5 Å². The maximum Gasteiger partial charge on any atom is 0.308 e. The average Bonchev–Trinajstić information content (AvgIpc) is 2.74. The maximum atomic E-state index is 13.6. The average molecular weight is 462 g/mol. The number of benzene rings is 2. The second kappa shape index (κ2) is 10.2. The van der Waals surface area contributed by atoms with Crippen LogP contribution in [0.2, 0.25) is 0 Å². The molecule has 1 saturated heterocycles. The lowest BCUT2D eigenvalue weighted by molar-refractivity contribution is -0.143. The van der Waals surface area contributed by atoms with Crippen LogP contribution in [0.4, 0.5) is 0 Å². The number of sulfonamides is 1. The molecule has 0 spiro atoms. The summed E-state index contributed by atoms with van der Waals surface area (Å²) in [5.74, 6) is -0.254. The molecule has 3 atom stereocenters. The molecule has 2 aromatic carbocycles. The van der Waals surface area contributed by atoms with Crippen LogP contribution >= 0.6 is 11.8 Å². The Balaban J connectivity index is 1.97. The summed E-state index contributed by atoms with van der Waals surface area (Å²) in [4.78, 5) is 12.3. The summed E-state index contributed by atoms with van der Waals surface area (Å²) in [6.07, 6.45) is 1.49. The van der Waals surface area contributed by atoms with Gasteiger partial charge in [-0.25, -0.2) is 8.42 Å². The number of carboxylic acids is 1. The van der Waals surface area contributed by atoms with E-state index in [-0.39, 0.29) is 22.7 Å². The number of piperidine rings is 1. The smallest absolute Gasteiger partial charge is 0.308 e. The zero-order valence-electron chi connectivity index (χ0n) is 18.3. The van der Waals surface area contributed by atoms with E-state index < -0.39 is 21.9 Å². The number of rotatable bonds is 8. The van der Waals surface area contributed by atoms with Crippen molar-refractivity contribution in [1.82, 2.24) is 4.31 Å². The van der Waals surface area contributed by atoms with Gasteiger partial charge >= 0.3 is 5.97 Å². The molecule has 7 heteroatoms. The minimum Gasteiger partial charge on any atom is -0.481 e. The summed E-state index contributed by atoms with van der Waals surface area (Å²) in [6, 6.07) is 15.9. The third-order valence-electron chi connectivity index (χ3n) is 5.78. The Kier molecular flexibility index (Phi) is 7.83. The molecule has 5 nitrogen and oxygen atoms in total. The molecule has 0 amide bonds. The van der Waals surface area contributed by atoms with Crippen molar-refractivity contribution in [3.63, 3.8) is 0 Å². The van der Waals surface area contributed by atoms with Gasteiger partial charge in [0.2, 0.25) is 10.0 Å². The second-order valence-corrected chi connectivity index (χ2v) is 11.8. The summed E-state index contributed by atoms with van der Waals surface area (Å²) in [6.45, 7) is 6.19. The lowest BCUT2D eigenvalue weighted by Gasteiger charge is -2.42. The first-order valence-corrected chi connectivity index (χ1v) is 13.2. The van der Waals surface area contributed by atoms with Crippen LogP contribution in [0.5, 0.6) is 0 Å². The van der Waals surface area contributed by atoms with Gasteiger partial charge in [0.05, 0.1) is 16.9 Å². The van der Waals surface area contributed by atoms with Gasteiger partial charge in [-0.1, -0.05) is 61.9 Å². The monoisotopic (exact) mass is 461 g/mol. The van der Waals surface area contributed by atoms with E-state index >= 15 is 0 Å². The molecule has 1 heterocycles. The molecular weight excluding hydrogens is 430 g/mol. The van der Waals surface area contributed by atoms with Gasteiger partial charge in [-0.3, -0.25) is 4.79 Å². The zero-order chi connectivity index (χ0) is 22.6. The van der Waals surface area contributed by atoms with Gasteiger partial charge in [-0.2, -0.15) is 16.1 Å². The Hall–Kier alpha value is -1.83. The van der Waals surface area contributed by atoms with Crippen LogP contribution in [0.1, 0.15) is 43.9 Å². The van der Waals surface area contributed by atoms with Crippen LogP contribution in [-0.4, -0.2) is 41.3 Å². The highest BCUT2D eigenvalue weighted by molar-refractivity contribution is 7.99. The highest BCUT2D eigenvalue weighted by Crippen LogP contribution is 2.42. The van der Waals surface area contributed by atoms with E-state index in [1.54, 1.807) is 36.0 Å². The zero-order valence-corrected chi connectivity index (χ0v) is 19.9. The van der Waals surface area contributed by atoms with Crippen molar-refractivity contribution in [3.05, 3.63) is 65.7 Å². The first kappa shape index (κ1) is 23.8. The fraction of sp³-hybridized carbons (Fsp3) is 0.458. The van der Waals surface area contributed by atoms with Crippen LogP contribution < -0.4 is 0 Å². The number of nitrogens with zero attached hydrogens (tertiary/aromatic N) is 1. The van der Waals surface area contributed by atoms with E-state index in [9.17, 15) is 18.3 Å². The molecule has 0 aromatic heterocycles. The number of carbonyl (C=O) groups is 1. The van der Waals surface area contributed by atoms with Crippen molar-refractivity contribution in [3.8, 4) is 0 Å². The Morgan fingerprint density at radius 1 is 1.13 bits per heavy atom. The third-order valence-corrected chi connectivity index (χ3v) is 9.09. The number of aliphatic carboxylic acids is 1. The molecule has 0 unspecified atom stereocenters. The number of hydrogen-bond acceptors (Lipinski definition) is 4. The summed E-state index contributed by atoms with van der Waals surface area (Å²) in [7, 11) is -3.84. The van der Waals surface area contributed by atoms with Crippen LogP contribution in [-0.2, 0) is 14.8 Å². The van der Waals surface area contributed by atoms with E-state index in [2.05, 4.69) is 13.8 Å². The van der Waals surface area contributed by atoms with Crippen LogP contribution in [0, 0.1) is 18.8 Å². The largest absolute Gasteiger partial charge is 0.481 e. The van der Waals surface area contributed by atoms with Gasteiger partial charge in [-0.05, 0) is 49.1 Å². The quantitative estimate of drug-likeness (QED) is 0.600. The first-order valence-electron chi connectivity index (χ1n) is 10.7. The van der Waals surface area contributed by atoms with Gasteiger partial charge in [-0.15, -0.1) is 0 Å². The Morgan fingerprint density at radius 3 is 2.35 bits per heavy atom. The normalized spacial score (nSPS) is 22.5. The summed E-state index contributed by atoms with van der Waals surface area (Å²) >= 11 is 1.67. The van der Waals surface area contributed by atoms with Gasteiger partial charge < -0.3 is 5.11 Å². The van der Waals surface area contributed by atoms with E-state index in [1.165, 1.54) is 4.31 Å². The first-order chi connectivity index (χ1) is 14.7. The molecule has 1 N–H and O–H groups in total. The highest BCUT2D eigenvalue weighted by Gasteiger charge is 2.45. The standard InChI is InChI=1S/C24H31NO4S2/c1-17(2)13-14-30-23-15-22(19-7-5-4-6-8-19)25(16-21(23)24(26)27)31(28,29)20-11-9-18(3)10-12-20/h4-12,17,21-23H,13-16H2,1-3H3,(H,26,27)/t21-,22+,23-/m1/s1. The lowest BCUT2D eigenvalue weighted by Crippen LogP contribution is -2.49. The Morgan fingerprint density at radius 2 is 1.77 bits per heavy atom. The van der Waals surface area contributed by atoms with E-state index in [4.69, 9.17) is 0 Å². The highest BCUT2D eigenvalue weighted by atomic mass is 32.2. The van der Waals surface area contributed by atoms with Crippen molar-refractivity contribution in [2.24, 2.45) is 11.8 Å². The number of thioether (sulfide) groups is 1. The fourth-order valence-electron chi connectivity index (χ4n) is 3.91. The van der Waals surface area contributed by atoms with Crippen molar-refractivity contribution >= 4 is 27.8 Å². The number of carboxylic acid groups (broad SMARTS) is 1. The number of hydrogen-bond donors (Lipinski definition) is 1. The molecule has 3 rings (SSSR count). The third kappa shape index (κ3) is 5.70. The van der Waals surface area contributed by atoms with Crippen molar-refractivity contribution in [2.75, 3.05) is 12.3 Å². The van der Waals surface area contributed by atoms with Crippen molar-refractivity contribution < 1.29 is 18.3 Å². The van der Waals surface area contributed by atoms with E-state index in [0.717, 1.165) is 23.3 Å². The van der Waals surface area contributed by atoms with Gasteiger partial charge in [0, 0.05) is 11.8 Å². The molecule has 0 aliphatic carbocycles. The molecule has 0 radical (unpaired) electrons. The minimum absolute atomic E-state index is 0.0234. The molecule has 0 saturated carbocycles. The van der Waals surface area contributed by atoms with Crippen LogP contribution in [0.3, 0.4) is 0 Å². The fourth-order valence-corrected chi connectivity index (χ4v) is 7.22. The molecule has 1 aliphatic rings. The Labute approximate surface area is 189 Å². The van der Waals surface area contributed by atoms with E-state index in [0.29, 0.717) is 12.3 Å². The molecule has 2 aromatic rings. The van der Waals surface area contributed by atoms with Gasteiger partial charge in [0.15, 0.2) is 0 Å². The van der Waals surface area contributed by atoms with E-state index in [1.807, 2.05) is 37.3 Å². The van der Waals surface area contributed by atoms with Gasteiger partial charge in [0.1, 0.15) is 0 Å². The predicted octanol–water partition coefficient (Wildman–Crippen LogP) is 4.98. The second-order valence-electron chi connectivity index (χ2n) is 8.59. The van der Waals surface area contributed by atoms with Gasteiger partial charge in [0.25, 0.3) is 0 Å². The molecule has 31 heavy (non-hydrogen) atoms. The SMILES string of the molecule is Cc1ccc(S(=O)(=O)N2C[C@@H](C(=O)O)[C@H](SCCC(C)C)C[C@H]2c2ccccc2)cc1. The minimum atomic E-state index is -3.84. The molecule has 168 valence electrons. The molecular formula is C24H31NO4S2. The summed E-state index contributed by atoms with van der Waals surface area (Å²) < 4.78 is 28.6. The lowest BCUT2D eigenvalue weighted by atomic mass is 9.90. The van der Waals surface area contributed by atoms with Crippen LogP contribution in [0.25, 0.3) is 0 Å². The molecule has 0 bridgehead atoms. The summed E-state index contributed by atoms with van der Waals surface area (Å²) in [5.41, 5.74) is 1.87. The van der Waals surface area contributed by atoms with Crippen molar-refractivity contribution in [1.29, 1.82) is 0 Å². The summed E-state index contributed by atoms with van der Waals surface area (Å²) in [5, 5.41) is 9.80.